The standard InChI is InChI=1S/C16H16N2O3/c1-12-4-7-18(8-5-12)9-6-16(19)17-13-2-3-14-15(10-13)21-11-20-14/h2-5,7-8,10H,6,9,11H2,1H3/p+1. The fourth-order valence-electron chi connectivity index (χ4n) is 2.11. The predicted octanol–water partition coefficient (Wildman–Crippen LogP) is 2.04. The summed E-state index contributed by atoms with van der Waals surface area (Å²) in [6.45, 7) is 2.92. The van der Waals surface area contributed by atoms with Crippen LogP contribution in [-0.2, 0) is 11.3 Å². The number of nitrogens with one attached hydrogen (secondary N) is 1. The van der Waals surface area contributed by atoms with Gasteiger partial charge >= 0.3 is 0 Å². The van der Waals surface area contributed by atoms with Crippen molar-refractivity contribution in [2.45, 2.75) is 19.9 Å². The molecule has 1 aromatic carbocycles. The summed E-state index contributed by atoms with van der Waals surface area (Å²) in [4.78, 5) is 12.0. The van der Waals surface area contributed by atoms with Crippen molar-refractivity contribution in [3.05, 3.63) is 48.3 Å². The SMILES string of the molecule is Cc1cc[n+](CCC(=O)Nc2ccc3c(c2)OCO3)cc1. The van der Waals surface area contributed by atoms with Gasteiger partial charge in [-0.1, -0.05) is 0 Å². The minimum absolute atomic E-state index is 0.0260. The lowest BCUT2D eigenvalue weighted by Gasteiger charge is -2.05. The number of rotatable bonds is 4. The number of ether oxygens (including phenoxy) is 2. The Balaban J connectivity index is 1.55. The van der Waals surface area contributed by atoms with Gasteiger partial charge in [0.05, 0.1) is 6.42 Å². The van der Waals surface area contributed by atoms with Crippen LogP contribution in [0.2, 0.25) is 0 Å². The number of nitrogens with zero attached hydrogens (tertiary/aromatic N) is 1. The maximum absolute atomic E-state index is 12.0. The fourth-order valence-corrected chi connectivity index (χ4v) is 2.11. The molecule has 0 atom stereocenters. The number of amides is 1. The number of carbonyl (C=O) groups is 1. The van der Waals surface area contributed by atoms with Gasteiger partial charge in [0.15, 0.2) is 30.4 Å². The van der Waals surface area contributed by atoms with E-state index in [-0.39, 0.29) is 12.7 Å². The molecule has 1 N–H and O–H groups in total. The Morgan fingerprint density at radius 1 is 1.19 bits per heavy atom. The zero-order valence-electron chi connectivity index (χ0n) is 11.8. The van der Waals surface area contributed by atoms with Gasteiger partial charge in [-0.3, -0.25) is 4.79 Å². The molecule has 0 aliphatic carbocycles. The van der Waals surface area contributed by atoms with Crippen molar-refractivity contribution in [1.29, 1.82) is 0 Å². The maximum Gasteiger partial charge on any atom is 0.231 e. The van der Waals surface area contributed by atoms with Crippen molar-refractivity contribution in [2.24, 2.45) is 0 Å². The quantitative estimate of drug-likeness (QED) is 0.875. The molecule has 21 heavy (non-hydrogen) atoms. The molecule has 0 saturated heterocycles. The first-order chi connectivity index (χ1) is 10.2. The van der Waals surface area contributed by atoms with Gasteiger partial charge in [0, 0.05) is 23.9 Å². The molecule has 2 heterocycles. The molecule has 3 rings (SSSR count). The number of pyridine rings is 1. The highest BCUT2D eigenvalue weighted by Crippen LogP contribution is 2.34. The molecule has 1 aliphatic heterocycles. The molecule has 1 aromatic heterocycles. The van der Waals surface area contributed by atoms with Crippen molar-refractivity contribution in [1.82, 2.24) is 0 Å². The summed E-state index contributed by atoms with van der Waals surface area (Å²) in [5.41, 5.74) is 1.93. The van der Waals surface area contributed by atoms with E-state index in [0.717, 1.165) is 5.69 Å². The number of anilines is 1. The molecule has 2 aromatic rings. The van der Waals surface area contributed by atoms with Crippen LogP contribution < -0.4 is 19.4 Å². The smallest absolute Gasteiger partial charge is 0.231 e. The third kappa shape index (κ3) is 3.31. The second-order valence-corrected chi connectivity index (χ2v) is 4.98. The van der Waals surface area contributed by atoms with Crippen LogP contribution >= 0.6 is 0 Å². The molecular weight excluding hydrogens is 268 g/mol. The highest BCUT2D eigenvalue weighted by molar-refractivity contribution is 5.90. The molecule has 0 fully saturated rings. The Hall–Kier alpha value is -2.56. The molecule has 0 bridgehead atoms. The second-order valence-electron chi connectivity index (χ2n) is 4.98. The lowest BCUT2D eigenvalue weighted by molar-refractivity contribution is -0.695. The summed E-state index contributed by atoms with van der Waals surface area (Å²) in [5.74, 6) is 1.35. The number of aromatic nitrogens is 1. The number of hydrogen-bond acceptors (Lipinski definition) is 3. The minimum Gasteiger partial charge on any atom is -0.454 e. The summed E-state index contributed by atoms with van der Waals surface area (Å²) < 4.78 is 12.5. The largest absolute Gasteiger partial charge is 0.454 e. The van der Waals surface area contributed by atoms with Gasteiger partial charge in [-0.05, 0) is 24.6 Å². The Labute approximate surface area is 123 Å². The highest BCUT2D eigenvalue weighted by Gasteiger charge is 2.14. The summed E-state index contributed by atoms with van der Waals surface area (Å²) in [6.07, 6.45) is 4.37. The molecule has 5 heteroatoms. The highest BCUT2D eigenvalue weighted by atomic mass is 16.7. The van der Waals surface area contributed by atoms with E-state index in [1.807, 2.05) is 42.1 Å². The van der Waals surface area contributed by atoms with Gasteiger partial charge in [-0.25, -0.2) is 4.57 Å². The van der Waals surface area contributed by atoms with Crippen molar-refractivity contribution in [3.8, 4) is 11.5 Å². The lowest BCUT2D eigenvalue weighted by Crippen LogP contribution is -2.34. The van der Waals surface area contributed by atoms with E-state index in [9.17, 15) is 4.79 Å². The molecule has 0 radical (unpaired) electrons. The first-order valence-electron chi connectivity index (χ1n) is 6.86. The van der Waals surface area contributed by atoms with Crippen LogP contribution in [0.25, 0.3) is 0 Å². The first-order valence-corrected chi connectivity index (χ1v) is 6.86. The van der Waals surface area contributed by atoms with Crippen LogP contribution in [0.5, 0.6) is 11.5 Å². The molecule has 0 spiro atoms. The van der Waals surface area contributed by atoms with Crippen LogP contribution in [0, 0.1) is 6.92 Å². The van der Waals surface area contributed by atoms with E-state index in [2.05, 4.69) is 5.32 Å². The van der Waals surface area contributed by atoms with Gasteiger partial charge in [-0.2, -0.15) is 0 Å². The zero-order chi connectivity index (χ0) is 14.7. The minimum atomic E-state index is -0.0260. The molecule has 108 valence electrons. The van der Waals surface area contributed by atoms with Crippen molar-refractivity contribution in [3.63, 3.8) is 0 Å². The Morgan fingerprint density at radius 2 is 1.95 bits per heavy atom. The average Bonchev–Trinajstić information content (AvgIpc) is 2.94. The summed E-state index contributed by atoms with van der Waals surface area (Å²) >= 11 is 0. The van der Waals surface area contributed by atoms with Gasteiger partial charge < -0.3 is 14.8 Å². The third-order valence-electron chi connectivity index (χ3n) is 3.31. The van der Waals surface area contributed by atoms with Crippen LogP contribution in [0.15, 0.2) is 42.7 Å². The normalized spacial score (nSPS) is 12.2. The molecule has 1 aliphatic rings. The summed E-state index contributed by atoms with van der Waals surface area (Å²) in [6, 6.07) is 9.43. The van der Waals surface area contributed by atoms with E-state index >= 15 is 0 Å². The first kappa shape index (κ1) is 13.4. The Bertz CT molecular complexity index is 653. The molecule has 0 unspecified atom stereocenters. The number of benzene rings is 1. The molecule has 5 nitrogen and oxygen atoms in total. The Morgan fingerprint density at radius 3 is 2.76 bits per heavy atom. The van der Waals surface area contributed by atoms with Crippen molar-refractivity contribution >= 4 is 11.6 Å². The van der Waals surface area contributed by atoms with Gasteiger partial charge in [0.1, 0.15) is 0 Å². The van der Waals surface area contributed by atoms with Crippen LogP contribution in [0.3, 0.4) is 0 Å². The fraction of sp³-hybridized carbons (Fsp3) is 0.250. The van der Waals surface area contributed by atoms with Crippen molar-refractivity contribution in [2.75, 3.05) is 12.1 Å². The van der Waals surface area contributed by atoms with E-state index in [1.165, 1.54) is 5.56 Å². The van der Waals surface area contributed by atoms with Crippen LogP contribution in [0.1, 0.15) is 12.0 Å². The maximum atomic E-state index is 12.0. The lowest BCUT2D eigenvalue weighted by atomic mass is 10.2. The monoisotopic (exact) mass is 285 g/mol. The zero-order valence-corrected chi connectivity index (χ0v) is 11.8. The van der Waals surface area contributed by atoms with Gasteiger partial charge in [0.2, 0.25) is 12.7 Å². The van der Waals surface area contributed by atoms with E-state index in [1.54, 1.807) is 12.1 Å². The molecule has 1 amide bonds. The van der Waals surface area contributed by atoms with Crippen LogP contribution in [0.4, 0.5) is 5.69 Å². The number of hydrogen-bond donors (Lipinski definition) is 1. The van der Waals surface area contributed by atoms with Gasteiger partial charge in [-0.15, -0.1) is 0 Å². The second kappa shape index (κ2) is 5.83. The average molecular weight is 285 g/mol. The molecular formula is C16H17N2O3+. The summed E-state index contributed by atoms with van der Waals surface area (Å²) in [5, 5.41) is 2.87. The summed E-state index contributed by atoms with van der Waals surface area (Å²) in [7, 11) is 0. The van der Waals surface area contributed by atoms with E-state index in [0.29, 0.717) is 24.5 Å². The number of aryl methyl sites for hydroxylation is 2. The van der Waals surface area contributed by atoms with Gasteiger partial charge in [0.25, 0.3) is 0 Å². The predicted molar refractivity (Wildman–Crippen MR) is 77.2 cm³/mol. The van der Waals surface area contributed by atoms with Crippen molar-refractivity contribution < 1.29 is 18.8 Å². The van der Waals surface area contributed by atoms with E-state index < -0.39 is 0 Å². The van der Waals surface area contributed by atoms with E-state index in [4.69, 9.17) is 9.47 Å². The van der Waals surface area contributed by atoms with Crippen LogP contribution in [-0.4, -0.2) is 12.7 Å². The number of fused-ring (bicyclic) bond motifs is 1. The number of carbonyl (C=O) groups excluding carboxylic acids is 1. The Kier molecular flexibility index (Phi) is 3.73. The third-order valence-corrected chi connectivity index (χ3v) is 3.31. The molecule has 0 saturated carbocycles. The topological polar surface area (TPSA) is 51.4 Å².